The molecule has 0 aliphatic carbocycles. The van der Waals surface area contributed by atoms with E-state index in [2.05, 4.69) is 11.1 Å². The third-order valence-corrected chi connectivity index (χ3v) is 3.21. The highest BCUT2D eigenvalue weighted by Crippen LogP contribution is 2.13. The number of nitrogens with zero attached hydrogens (tertiary/aromatic N) is 3. The number of aromatic nitrogens is 2. The number of benzene rings is 2. The summed E-state index contributed by atoms with van der Waals surface area (Å²) in [6.07, 6.45) is 0. The molecule has 3 rings (SSSR count). The first-order valence-electron chi connectivity index (χ1n) is 6.24. The lowest BCUT2D eigenvalue weighted by atomic mass is 10.2. The minimum Gasteiger partial charge on any atom is -0.283 e. The van der Waals surface area contributed by atoms with Gasteiger partial charge in [0.25, 0.3) is 0 Å². The molecule has 4 nitrogen and oxygen atoms in total. The number of hydrogen-bond donors (Lipinski definition) is 1. The molecule has 0 bridgehead atoms. The molecule has 0 saturated carbocycles. The highest BCUT2D eigenvalue weighted by Gasteiger charge is 2.09. The Morgan fingerprint density at radius 1 is 1.10 bits per heavy atom. The first-order chi connectivity index (χ1) is 9.70. The molecule has 96 valence electrons. The van der Waals surface area contributed by atoms with Gasteiger partial charge in [0, 0.05) is 11.1 Å². The molecule has 1 heterocycles. The minimum absolute atomic E-state index is 0.220. The summed E-state index contributed by atoms with van der Waals surface area (Å²) in [5.74, 6) is 0.220. The summed E-state index contributed by atoms with van der Waals surface area (Å²) in [6.45, 7) is 2.00. The fraction of sp³-hybridized carbons (Fsp3) is 0.0625. The van der Waals surface area contributed by atoms with Crippen LogP contribution in [0.4, 0.5) is 0 Å². The van der Waals surface area contributed by atoms with Gasteiger partial charge in [0.1, 0.15) is 11.6 Å². The van der Waals surface area contributed by atoms with Gasteiger partial charge >= 0.3 is 0 Å². The highest BCUT2D eigenvalue weighted by molar-refractivity contribution is 5.77. The molecule has 0 spiro atoms. The van der Waals surface area contributed by atoms with E-state index in [4.69, 9.17) is 5.41 Å². The zero-order valence-corrected chi connectivity index (χ0v) is 11.0. The first-order valence-corrected chi connectivity index (χ1v) is 6.24. The Morgan fingerprint density at radius 3 is 2.50 bits per heavy atom. The highest BCUT2D eigenvalue weighted by atomic mass is 15.1. The average molecular weight is 260 g/mol. The van der Waals surface area contributed by atoms with Crippen LogP contribution in [0.2, 0.25) is 0 Å². The van der Waals surface area contributed by atoms with Gasteiger partial charge in [-0.05, 0) is 31.2 Å². The molecule has 4 heteroatoms. The van der Waals surface area contributed by atoms with E-state index in [0.717, 1.165) is 16.6 Å². The summed E-state index contributed by atoms with van der Waals surface area (Å²) < 4.78 is 1.57. The summed E-state index contributed by atoms with van der Waals surface area (Å²) in [5.41, 5.74) is 2.84. The summed E-state index contributed by atoms with van der Waals surface area (Å²) in [5, 5.41) is 18.4. The van der Waals surface area contributed by atoms with Crippen LogP contribution in [0.5, 0.6) is 0 Å². The maximum Gasteiger partial charge on any atom is 0.219 e. The normalized spacial score (nSPS) is 10.4. The van der Waals surface area contributed by atoms with Crippen LogP contribution < -0.4 is 5.49 Å². The second-order valence-electron chi connectivity index (χ2n) is 4.58. The van der Waals surface area contributed by atoms with Crippen LogP contribution in [0.15, 0.2) is 48.5 Å². The number of rotatable bonds is 1. The lowest BCUT2D eigenvalue weighted by molar-refractivity contribution is 0.887. The van der Waals surface area contributed by atoms with Crippen molar-refractivity contribution in [3.05, 3.63) is 65.4 Å². The summed E-state index contributed by atoms with van der Waals surface area (Å²) in [7, 11) is 0. The van der Waals surface area contributed by atoms with Crippen LogP contribution >= 0.6 is 0 Å². The molecular weight excluding hydrogens is 248 g/mol. The molecule has 20 heavy (non-hydrogen) atoms. The lowest BCUT2D eigenvalue weighted by Gasteiger charge is -2.11. The van der Waals surface area contributed by atoms with Crippen molar-refractivity contribution in [2.24, 2.45) is 0 Å². The summed E-state index contributed by atoms with van der Waals surface area (Å²) in [6, 6.07) is 17.2. The van der Waals surface area contributed by atoms with E-state index in [9.17, 15) is 5.26 Å². The zero-order valence-electron chi connectivity index (χ0n) is 11.0. The second kappa shape index (κ2) is 4.63. The molecule has 3 aromatic rings. The SMILES string of the molecule is Cc1ccc(-n2c(C#N)nc3ccccc3c2=N)cc1. The maximum absolute atomic E-state index is 9.30. The summed E-state index contributed by atoms with van der Waals surface area (Å²) in [4.78, 5) is 4.34. The van der Waals surface area contributed by atoms with E-state index in [1.165, 1.54) is 0 Å². The Labute approximate surface area is 116 Å². The monoisotopic (exact) mass is 260 g/mol. The smallest absolute Gasteiger partial charge is 0.219 e. The number of aryl methyl sites for hydroxylation is 1. The van der Waals surface area contributed by atoms with Crippen molar-refractivity contribution in [2.45, 2.75) is 6.92 Å². The van der Waals surface area contributed by atoms with Crippen LogP contribution in [0, 0.1) is 23.7 Å². The van der Waals surface area contributed by atoms with Crippen LogP contribution in [0.1, 0.15) is 11.4 Å². The van der Waals surface area contributed by atoms with E-state index in [1.807, 2.05) is 55.5 Å². The first kappa shape index (κ1) is 12.1. The van der Waals surface area contributed by atoms with Gasteiger partial charge in [-0.25, -0.2) is 4.98 Å². The molecule has 0 radical (unpaired) electrons. The predicted octanol–water partition coefficient (Wildman–Crippen LogP) is 2.69. The Balaban J connectivity index is 2.40. The Bertz CT molecular complexity index is 883. The molecule has 2 aromatic carbocycles. The number of nitrogens with one attached hydrogen (secondary N) is 1. The van der Waals surface area contributed by atoms with Gasteiger partial charge in [-0.3, -0.25) is 9.98 Å². The molecule has 0 saturated heterocycles. The molecule has 0 aliphatic rings. The van der Waals surface area contributed by atoms with Crippen LogP contribution in [-0.2, 0) is 0 Å². The Morgan fingerprint density at radius 2 is 1.80 bits per heavy atom. The molecule has 1 N–H and O–H groups in total. The fourth-order valence-electron chi connectivity index (χ4n) is 2.18. The quantitative estimate of drug-likeness (QED) is 0.731. The molecule has 0 aliphatic heterocycles. The molecule has 1 aromatic heterocycles. The Hall–Kier alpha value is -2.93. The van der Waals surface area contributed by atoms with E-state index < -0.39 is 0 Å². The third-order valence-electron chi connectivity index (χ3n) is 3.21. The van der Waals surface area contributed by atoms with Gasteiger partial charge in [-0.2, -0.15) is 5.26 Å². The standard InChI is InChI=1S/C16H12N4/c1-11-6-8-12(9-7-11)20-15(10-17)19-14-5-3-2-4-13(14)16(20)18/h2-9,18H,1H3. The number of fused-ring (bicyclic) bond motifs is 1. The zero-order chi connectivity index (χ0) is 14.1. The van der Waals surface area contributed by atoms with E-state index in [0.29, 0.717) is 5.52 Å². The average Bonchev–Trinajstić information content (AvgIpc) is 2.48. The predicted molar refractivity (Wildman–Crippen MR) is 76.4 cm³/mol. The largest absolute Gasteiger partial charge is 0.283 e. The van der Waals surface area contributed by atoms with Gasteiger partial charge < -0.3 is 0 Å². The summed E-state index contributed by atoms with van der Waals surface area (Å²) >= 11 is 0. The molecule has 0 amide bonds. The van der Waals surface area contributed by atoms with Crippen molar-refractivity contribution in [3.8, 4) is 11.8 Å². The van der Waals surface area contributed by atoms with Crippen molar-refractivity contribution in [1.29, 1.82) is 10.7 Å². The van der Waals surface area contributed by atoms with Crippen LogP contribution in [-0.4, -0.2) is 9.55 Å². The van der Waals surface area contributed by atoms with E-state index >= 15 is 0 Å². The van der Waals surface area contributed by atoms with E-state index in [1.54, 1.807) is 4.57 Å². The maximum atomic E-state index is 9.30. The van der Waals surface area contributed by atoms with Gasteiger partial charge in [0.15, 0.2) is 0 Å². The van der Waals surface area contributed by atoms with Crippen molar-refractivity contribution in [3.63, 3.8) is 0 Å². The van der Waals surface area contributed by atoms with Crippen LogP contribution in [0.25, 0.3) is 16.6 Å². The Kier molecular flexibility index (Phi) is 2.81. The van der Waals surface area contributed by atoms with Crippen molar-refractivity contribution in [2.75, 3.05) is 0 Å². The fourth-order valence-corrected chi connectivity index (χ4v) is 2.18. The van der Waals surface area contributed by atoms with Gasteiger partial charge in [0.05, 0.1) is 5.52 Å². The van der Waals surface area contributed by atoms with Crippen molar-refractivity contribution in [1.82, 2.24) is 9.55 Å². The van der Waals surface area contributed by atoms with E-state index in [-0.39, 0.29) is 11.3 Å². The van der Waals surface area contributed by atoms with Crippen molar-refractivity contribution >= 4 is 10.9 Å². The lowest BCUT2D eigenvalue weighted by Crippen LogP contribution is -2.22. The molecule has 0 atom stereocenters. The van der Waals surface area contributed by atoms with Crippen molar-refractivity contribution < 1.29 is 0 Å². The van der Waals surface area contributed by atoms with Crippen LogP contribution in [0.3, 0.4) is 0 Å². The minimum atomic E-state index is 0.220. The van der Waals surface area contributed by atoms with Gasteiger partial charge in [-0.1, -0.05) is 29.8 Å². The molecule has 0 fully saturated rings. The third kappa shape index (κ3) is 1.86. The second-order valence-corrected chi connectivity index (χ2v) is 4.58. The molecule has 0 unspecified atom stereocenters. The number of hydrogen-bond acceptors (Lipinski definition) is 3. The molecular formula is C16H12N4. The van der Waals surface area contributed by atoms with Gasteiger partial charge in [-0.15, -0.1) is 0 Å². The topological polar surface area (TPSA) is 65.5 Å². The number of nitriles is 1. The number of para-hydroxylation sites is 1. The van der Waals surface area contributed by atoms with Gasteiger partial charge in [0.2, 0.25) is 5.82 Å².